The Labute approximate surface area is 295 Å². The first kappa shape index (κ1) is 44.7. The van der Waals surface area contributed by atoms with Crippen molar-refractivity contribution in [3.8, 4) is 0 Å². The fraction of sp³-hybridized carbons (Fsp3) is 0.727. The van der Waals surface area contributed by atoms with Crippen molar-refractivity contribution in [1.29, 1.82) is 0 Å². The Morgan fingerprint density at radius 3 is 1.41 bits per heavy atom. The average Bonchev–Trinajstić information content (AvgIpc) is 3.03. The number of hydrogen-bond donors (Lipinski definition) is 0. The summed E-state index contributed by atoms with van der Waals surface area (Å²) in [6.45, 7) is 14.9. The highest BCUT2D eigenvalue weighted by atomic mass is 35.5. The Bertz CT molecular complexity index is 950. The predicted molar refractivity (Wildman–Crippen MR) is 204 cm³/mol. The van der Waals surface area contributed by atoms with E-state index in [9.17, 15) is 0 Å². The van der Waals surface area contributed by atoms with Crippen molar-refractivity contribution in [1.82, 2.24) is 0 Å². The second-order valence-electron chi connectivity index (χ2n) is 15.0. The van der Waals surface area contributed by atoms with Gasteiger partial charge in [-0.05, 0) is 75.6 Å². The normalized spacial score (nSPS) is 11.9. The van der Waals surface area contributed by atoms with Crippen molar-refractivity contribution < 1.29 is 16.9 Å². The zero-order valence-corrected chi connectivity index (χ0v) is 33.0. The number of benzene rings is 2. The molecule has 0 spiro atoms. The first-order chi connectivity index (χ1) is 21.7. The Morgan fingerprint density at radius 1 is 0.522 bits per heavy atom. The number of unbranched alkanes of at least 4 members (excludes halogenated alkanes) is 18. The zero-order valence-electron chi connectivity index (χ0n) is 32.2. The van der Waals surface area contributed by atoms with Crippen molar-refractivity contribution in [2.24, 2.45) is 0 Å². The van der Waals surface area contributed by atoms with Gasteiger partial charge < -0.3 is 16.9 Å². The van der Waals surface area contributed by atoms with Gasteiger partial charge in [0, 0.05) is 5.56 Å². The molecule has 0 bridgehead atoms. The quantitative estimate of drug-likeness (QED) is 0.0737. The molecule has 0 aliphatic carbocycles. The molecular formula is C44H78ClN. The van der Waals surface area contributed by atoms with Gasteiger partial charge in [0.05, 0.1) is 20.1 Å². The minimum atomic E-state index is 0. The molecule has 0 aliphatic rings. The van der Waals surface area contributed by atoms with Gasteiger partial charge in [0.15, 0.2) is 0 Å². The fourth-order valence-electron chi connectivity index (χ4n) is 6.67. The Morgan fingerprint density at radius 2 is 0.935 bits per heavy atom. The van der Waals surface area contributed by atoms with Crippen LogP contribution < -0.4 is 12.4 Å². The summed E-state index contributed by atoms with van der Waals surface area (Å²) in [6, 6.07) is 16.2. The number of halogens is 1. The summed E-state index contributed by atoms with van der Waals surface area (Å²) in [5.41, 5.74) is 7.51. The molecule has 0 saturated carbocycles. The minimum absolute atomic E-state index is 0. The van der Waals surface area contributed by atoms with E-state index in [1.807, 2.05) is 0 Å². The molecule has 2 aromatic rings. The highest BCUT2D eigenvalue weighted by molar-refractivity contribution is 5.39. The van der Waals surface area contributed by atoms with Gasteiger partial charge in [-0.2, -0.15) is 0 Å². The average molecular weight is 657 g/mol. The first-order valence-electron chi connectivity index (χ1n) is 19.6. The van der Waals surface area contributed by atoms with Gasteiger partial charge in [-0.15, -0.1) is 0 Å². The third-order valence-electron chi connectivity index (χ3n) is 10.5. The number of nitrogens with zero attached hydrogens (tertiary/aromatic N) is 1. The van der Waals surface area contributed by atoms with Crippen LogP contribution in [0.25, 0.3) is 0 Å². The molecule has 0 saturated heterocycles. The zero-order chi connectivity index (χ0) is 33.2. The van der Waals surface area contributed by atoms with Gasteiger partial charge in [-0.25, -0.2) is 0 Å². The Hall–Kier alpha value is -1.31. The molecule has 2 rings (SSSR count). The molecule has 46 heavy (non-hydrogen) atoms. The largest absolute Gasteiger partial charge is 1.00 e. The number of rotatable bonds is 25. The lowest BCUT2D eigenvalue weighted by Crippen LogP contribution is -3.00. The summed E-state index contributed by atoms with van der Waals surface area (Å²) in [7, 11) is 4.77. The van der Waals surface area contributed by atoms with Crippen LogP contribution in [-0.4, -0.2) is 24.6 Å². The Balaban J connectivity index is 0.000000869. The Kier molecular flexibility index (Phi) is 27.9. The van der Waals surface area contributed by atoms with E-state index >= 15 is 0 Å². The van der Waals surface area contributed by atoms with Gasteiger partial charge in [0.25, 0.3) is 0 Å². The standard InChI is InChI=1S/C23H42N.C21H36.ClH/c1-5-6-7-8-9-10-11-12-13-15-18-22(2)24(3,4)21-23-19-16-14-17-20-23;1-5-6-7-8-9-10-11-12-13-14-15-21-19(3)17-16-18(2)20(21)4;/h14,16-17,19-20,22H,5-13,15,18,21H2,1-4H3;16-17H,5-15H2,1-4H3;1H/q+1;;/p-1. The smallest absolute Gasteiger partial charge is 0.104 e. The third-order valence-corrected chi connectivity index (χ3v) is 10.5. The van der Waals surface area contributed by atoms with E-state index in [2.05, 4.69) is 98.1 Å². The van der Waals surface area contributed by atoms with Crippen LogP contribution in [0.3, 0.4) is 0 Å². The van der Waals surface area contributed by atoms with Gasteiger partial charge in [-0.1, -0.05) is 172 Å². The number of aryl methyl sites for hydroxylation is 2. The summed E-state index contributed by atoms with van der Waals surface area (Å²) >= 11 is 0. The van der Waals surface area contributed by atoms with Crippen molar-refractivity contribution >= 4 is 0 Å². The van der Waals surface area contributed by atoms with Crippen LogP contribution in [0.15, 0.2) is 42.5 Å². The third kappa shape index (κ3) is 21.5. The molecule has 0 fully saturated rings. The molecule has 266 valence electrons. The molecule has 0 heterocycles. The van der Waals surface area contributed by atoms with E-state index in [1.165, 1.54) is 164 Å². The van der Waals surface area contributed by atoms with Crippen LogP contribution >= 0.6 is 0 Å². The first-order valence-corrected chi connectivity index (χ1v) is 19.6. The van der Waals surface area contributed by atoms with Crippen LogP contribution in [0.1, 0.15) is 183 Å². The highest BCUT2D eigenvalue weighted by Gasteiger charge is 2.23. The van der Waals surface area contributed by atoms with Gasteiger partial charge in [0.2, 0.25) is 0 Å². The molecule has 0 radical (unpaired) electrons. The van der Waals surface area contributed by atoms with Crippen molar-refractivity contribution in [2.75, 3.05) is 14.1 Å². The van der Waals surface area contributed by atoms with Crippen LogP contribution in [-0.2, 0) is 13.0 Å². The summed E-state index contributed by atoms with van der Waals surface area (Å²) in [5.74, 6) is 0. The van der Waals surface area contributed by atoms with Crippen molar-refractivity contribution in [2.45, 2.75) is 195 Å². The minimum Gasteiger partial charge on any atom is -1.00 e. The van der Waals surface area contributed by atoms with Gasteiger partial charge in [0.1, 0.15) is 6.54 Å². The lowest BCUT2D eigenvalue weighted by Gasteiger charge is -2.36. The predicted octanol–water partition coefficient (Wildman–Crippen LogP) is 11.0. The van der Waals surface area contributed by atoms with E-state index in [1.54, 1.807) is 5.56 Å². The molecule has 1 atom stereocenters. The van der Waals surface area contributed by atoms with Crippen LogP contribution in [0.5, 0.6) is 0 Å². The van der Waals surface area contributed by atoms with Crippen LogP contribution in [0.2, 0.25) is 0 Å². The van der Waals surface area contributed by atoms with Crippen LogP contribution in [0.4, 0.5) is 0 Å². The van der Waals surface area contributed by atoms with Crippen molar-refractivity contribution in [3.63, 3.8) is 0 Å². The van der Waals surface area contributed by atoms with Gasteiger partial charge >= 0.3 is 0 Å². The molecule has 0 amide bonds. The summed E-state index contributed by atoms with van der Waals surface area (Å²) < 4.78 is 1.10. The maximum atomic E-state index is 2.43. The highest BCUT2D eigenvalue weighted by Crippen LogP contribution is 2.21. The van der Waals surface area contributed by atoms with E-state index in [0.717, 1.165) is 17.1 Å². The number of quaternary nitrogens is 1. The number of hydrogen-bond acceptors (Lipinski definition) is 0. The van der Waals surface area contributed by atoms with Gasteiger partial charge in [-0.3, -0.25) is 0 Å². The summed E-state index contributed by atoms with van der Waals surface area (Å²) in [4.78, 5) is 0. The topological polar surface area (TPSA) is 0 Å². The molecule has 0 aliphatic heterocycles. The molecular weight excluding hydrogens is 578 g/mol. The monoisotopic (exact) mass is 656 g/mol. The SMILES string of the molecule is CCCCCCCCCCCCC(C)[N+](C)(C)Cc1ccccc1.CCCCCCCCCCCCc1c(C)ccc(C)c1C.[Cl-]. The molecule has 0 aromatic heterocycles. The van der Waals surface area contributed by atoms with E-state index in [0.29, 0.717) is 0 Å². The maximum Gasteiger partial charge on any atom is 0.104 e. The second kappa shape index (κ2) is 28.7. The maximum absolute atomic E-state index is 2.43. The molecule has 2 heteroatoms. The van der Waals surface area contributed by atoms with E-state index < -0.39 is 0 Å². The van der Waals surface area contributed by atoms with Crippen molar-refractivity contribution in [3.05, 3.63) is 70.3 Å². The summed E-state index contributed by atoms with van der Waals surface area (Å²) in [6.07, 6.45) is 31.2. The lowest BCUT2D eigenvalue weighted by atomic mass is 9.94. The molecule has 2 aromatic carbocycles. The molecule has 0 N–H and O–H groups in total. The van der Waals surface area contributed by atoms with E-state index in [4.69, 9.17) is 0 Å². The second-order valence-corrected chi connectivity index (χ2v) is 15.0. The van der Waals surface area contributed by atoms with Crippen LogP contribution in [0, 0.1) is 20.8 Å². The molecule has 1 nitrogen and oxygen atoms in total. The lowest BCUT2D eigenvalue weighted by molar-refractivity contribution is -0.926. The van der Waals surface area contributed by atoms with E-state index in [-0.39, 0.29) is 12.4 Å². The fourth-order valence-corrected chi connectivity index (χ4v) is 6.67. The molecule has 1 unspecified atom stereocenters. The summed E-state index contributed by atoms with van der Waals surface area (Å²) in [5, 5.41) is 0.